The summed E-state index contributed by atoms with van der Waals surface area (Å²) in [5.74, 6) is -0.0880. The molecule has 1 aliphatic carbocycles. The van der Waals surface area contributed by atoms with E-state index >= 15 is 4.39 Å². The van der Waals surface area contributed by atoms with Gasteiger partial charge in [0.25, 0.3) is 5.56 Å². The van der Waals surface area contributed by atoms with Gasteiger partial charge >= 0.3 is 19.4 Å². The van der Waals surface area contributed by atoms with E-state index < -0.39 is 67.8 Å². The molecule has 214 valence electrons. The quantitative estimate of drug-likeness (QED) is 0.271. The van der Waals surface area contributed by atoms with Gasteiger partial charge in [-0.25, -0.2) is 13.8 Å². The zero-order chi connectivity index (χ0) is 28.5. The third-order valence-electron chi connectivity index (χ3n) is 6.42. The van der Waals surface area contributed by atoms with Gasteiger partial charge in [-0.15, -0.1) is 0 Å². The van der Waals surface area contributed by atoms with Crippen molar-refractivity contribution in [3.8, 4) is 5.75 Å². The van der Waals surface area contributed by atoms with Gasteiger partial charge in [-0.05, 0) is 64.2 Å². The van der Waals surface area contributed by atoms with Crippen LogP contribution >= 0.6 is 7.75 Å². The van der Waals surface area contributed by atoms with Gasteiger partial charge in [0, 0.05) is 12.3 Å². The summed E-state index contributed by atoms with van der Waals surface area (Å²) in [5, 5.41) is 13.2. The monoisotopic (exact) mass is 569 g/mol. The summed E-state index contributed by atoms with van der Waals surface area (Å²) in [7, 11) is -4.33. The largest absolute Gasteiger partial charge is 0.462 e. The fraction of sp³-hybridized carbons (Fsp3) is 0.560. The molecule has 39 heavy (non-hydrogen) atoms. The van der Waals surface area contributed by atoms with Crippen LogP contribution in [0.15, 0.2) is 46.1 Å². The van der Waals surface area contributed by atoms with E-state index in [9.17, 15) is 24.1 Å². The van der Waals surface area contributed by atoms with E-state index in [0.29, 0.717) is 5.92 Å². The number of nitrogens with zero attached hydrogens (tertiary/aromatic N) is 1. The second kappa shape index (κ2) is 11.3. The van der Waals surface area contributed by atoms with E-state index in [0.717, 1.165) is 42.2 Å². The predicted octanol–water partition coefficient (Wildman–Crippen LogP) is 2.53. The number of halogens is 1. The summed E-state index contributed by atoms with van der Waals surface area (Å²) in [6.07, 6.45) is -2.12. The molecule has 1 saturated carbocycles. The minimum atomic E-state index is -4.33. The maximum atomic E-state index is 15.6. The number of nitrogens with one attached hydrogen (secondary N) is 2. The molecule has 2 aromatic rings. The number of aromatic amines is 1. The Kier molecular flexibility index (Phi) is 8.48. The average Bonchev–Trinajstić information content (AvgIpc) is 3.66. The van der Waals surface area contributed by atoms with Crippen molar-refractivity contribution in [1.82, 2.24) is 14.6 Å². The van der Waals surface area contributed by atoms with Crippen LogP contribution < -0.4 is 20.9 Å². The summed E-state index contributed by atoms with van der Waals surface area (Å²) in [6.45, 7) is 5.15. The van der Waals surface area contributed by atoms with E-state index in [1.807, 2.05) is 11.1 Å². The molecule has 4 rings (SSSR count). The zero-order valence-corrected chi connectivity index (χ0v) is 22.9. The lowest BCUT2D eigenvalue weighted by Gasteiger charge is -2.25. The van der Waals surface area contributed by atoms with E-state index in [1.54, 1.807) is 32.0 Å². The van der Waals surface area contributed by atoms with E-state index in [-0.39, 0.29) is 5.75 Å². The van der Waals surface area contributed by atoms with Crippen molar-refractivity contribution in [3.05, 3.63) is 62.9 Å². The van der Waals surface area contributed by atoms with Crippen LogP contribution in [0.25, 0.3) is 0 Å². The molecular formula is C25H33FN3O9P. The normalized spacial score (nSPS) is 27.2. The van der Waals surface area contributed by atoms with Crippen molar-refractivity contribution in [2.45, 2.75) is 82.7 Å². The maximum Gasteiger partial charge on any atom is 0.459 e. The molecular weight excluding hydrogens is 536 g/mol. The molecule has 2 fully saturated rings. The fourth-order valence-corrected chi connectivity index (χ4v) is 5.72. The number of hydrogen-bond acceptors (Lipinski definition) is 9. The summed E-state index contributed by atoms with van der Waals surface area (Å²) in [6, 6.07) is 6.88. The Labute approximate surface area is 224 Å². The highest BCUT2D eigenvalue weighted by Gasteiger charge is 2.56. The SMILES string of the molecule is CC(C)OC(=O)[C@H](C)NP(=O)(OC[C@H]1O[C@@H](n2ccc(=O)[nH]c2=O)[C@](C)(F)[C@@H]1O)Oc1cccc(C2CC2)c1. The van der Waals surface area contributed by atoms with E-state index in [1.165, 1.54) is 6.92 Å². The van der Waals surface area contributed by atoms with Gasteiger partial charge in [0.1, 0.15) is 24.0 Å². The summed E-state index contributed by atoms with van der Waals surface area (Å²) < 4.78 is 52.3. The molecule has 6 atom stereocenters. The molecule has 0 spiro atoms. The van der Waals surface area contributed by atoms with E-state index in [2.05, 4.69) is 5.09 Å². The highest BCUT2D eigenvalue weighted by molar-refractivity contribution is 7.52. The van der Waals surface area contributed by atoms with Crippen molar-refractivity contribution in [2.75, 3.05) is 6.61 Å². The smallest absolute Gasteiger partial charge is 0.459 e. The van der Waals surface area contributed by atoms with Gasteiger partial charge in [0.15, 0.2) is 11.9 Å². The number of rotatable bonds is 11. The number of alkyl halides is 1. The number of aromatic nitrogens is 2. The number of H-pyrrole nitrogens is 1. The van der Waals surface area contributed by atoms with Gasteiger partial charge in [0.2, 0.25) is 0 Å². The highest BCUT2D eigenvalue weighted by atomic mass is 31.2. The van der Waals surface area contributed by atoms with Crippen molar-refractivity contribution in [1.29, 1.82) is 0 Å². The Balaban J connectivity index is 1.54. The number of aliphatic hydroxyl groups is 1. The number of benzene rings is 1. The molecule has 2 aliphatic rings. The molecule has 1 aliphatic heterocycles. The molecule has 1 aromatic carbocycles. The predicted molar refractivity (Wildman–Crippen MR) is 137 cm³/mol. The fourth-order valence-electron chi connectivity index (χ4n) is 4.23. The average molecular weight is 570 g/mol. The molecule has 1 aromatic heterocycles. The molecule has 0 radical (unpaired) electrons. The molecule has 0 bridgehead atoms. The van der Waals surface area contributed by atoms with Gasteiger partial charge in [0.05, 0.1) is 12.7 Å². The Morgan fingerprint density at radius 2 is 2.03 bits per heavy atom. The van der Waals surface area contributed by atoms with Crippen LogP contribution in [0.1, 0.15) is 58.2 Å². The molecule has 14 heteroatoms. The van der Waals surface area contributed by atoms with Gasteiger partial charge in [-0.2, -0.15) is 5.09 Å². The second-order valence-corrected chi connectivity index (χ2v) is 11.9. The van der Waals surface area contributed by atoms with Crippen LogP contribution in [0.3, 0.4) is 0 Å². The lowest BCUT2D eigenvalue weighted by Crippen LogP contribution is -2.43. The van der Waals surface area contributed by atoms with Crippen LogP contribution in [-0.4, -0.2) is 57.3 Å². The lowest BCUT2D eigenvalue weighted by atomic mass is 9.98. The Morgan fingerprint density at radius 1 is 1.31 bits per heavy atom. The van der Waals surface area contributed by atoms with Crippen LogP contribution in [0, 0.1) is 0 Å². The van der Waals surface area contributed by atoms with Crippen LogP contribution in [0.2, 0.25) is 0 Å². The van der Waals surface area contributed by atoms with Crippen LogP contribution in [0.5, 0.6) is 5.75 Å². The first-order chi connectivity index (χ1) is 18.3. The first-order valence-corrected chi connectivity index (χ1v) is 14.2. The third-order valence-corrected chi connectivity index (χ3v) is 8.06. The van der Waals surface area contributed by atoms with Crippen molar-refractivity contribution in [2.24, 2.45) is 0 Å². The minimum Gasteiger partial charge on any atom is -0.462 e. The number of aliphatic hydroxyl groups excluding tert-OH is 1. The van der Waals surface area contributed by atoms with Gasteiger partial charge in [-0.1, -0.05) is 12.1 Å². The third kappa shape index (κ3) is 6.85. The molecule has 1 saturated heterocycles. The molecule has 0 amide bonds. The summed E-state index contributed by atoms with van der Waals surface area (Å²) in [5.41, 5.74) is -3.10. The molecule has 2 heterocycles. The minimum absolute atomic E-state index is 0.223. The number of ether oxygens (including phenoxy) is 2. The number of hydrogen-bond donors (Lipinski definition) is 3. The first-order valence-electron chi connectivity index (χ1n) is 12.7. The topological polar surface area (TPSA) is 158 Å². The molecule has 3 N–H and O–H groups in total. The second-order valence-electron chi connectivity index (χ2n) is 10.2. The Morgan fingerprint density at radius 3 is 2.67 bits per heavy atom. The number of esters is 1. The number of carbonyl (C=O) groups excluding carboxylic acids is 1. The zero-order valence-electron chi connectivity index (χ0n) is 22.0. The van der Waals surface area contributed by atoms with Crippen LogP contribution in [-0.2, 0) is 23.4 Å². The molecule has 1 unspecified atom stereocenters. The van der Waals surface area contributed by atoms with Gasteiger partial charge in [-0.3, -0.25) is 23.7 Å². The van der Waals surface area contributed by atoms with Crippen LogP contribution in [0.4, 0.5) is 4.39 Å². The first kappa shape index (κ1) is 29.2. The van der Waals surface area contributed by atoms with E-state index in [4.69, 9.17) is 18.5 Å². The number of carbonyl (C=O) groups is 1. The van der Waals surface area contributed by atoms with Crippen molar-refractivity contribution < 1.29 is 37.4 Å². The molecule has 12 nitrogen and oxygen atoms in total. The lowest BCUT2D eigenvalue weighted by molar-refractivity contribution is -0.149. The summed E-state index contributed by atoms with van der Waals surface area (Å²) in [4.78, 5) is 38.0. The highest BCUT2D eigenvalue weighted by Crippen LogP contribution is 2.49. The van der Waals surface area contributed by atoms with Crippen molar-refractivity contribution >= 4 is 13.7 Å². The Bertz CT molecular complexity index is 1360. The Hall–Kier alpha value is -2.83. The van der Waals surface area contributed by atoms with Gasteiger partial charge < -0.3 is 19.1 Å². The summed E-state index contributed by atoms with van der Waals surface area (Å²) >= 11 is 0. The van der Waals surface area contributed by atoms with Crippen molar-refractivity contribution in [3.63, 3.8) is 0 Å². The maximum absolute atomic E-state index is 15.6. The standard InChI is InChI=1S/C25H33FN3O9P/c1-14(2)36-22(32)15(3)28-39(34,38-18-7-5-6-17(12-18)16-8-9-16)35-13-19-21(31)25(4,26)23(37-19)29-11-10-20(30)27-24(29)33/h5-7,10-12,14-16,19,21,23,31H,8-9,13H2,1-4H3,(H,28,34)(H,27,30,33)/t15-,19+,21+,23+,25+,39?/m0/s1.